The van der Waals surface area contributed by atoms with Crippen molar-refractivity contribution in [3.63, 3.8) is 0 Å². The van der Waals surface area contributed by atoms with Crippen LogP contribution in [0.2, 0.25) is 5.15 Å². The molecule has 0 aliphatic rings. The van der Waals surface area contributed by atoms with Gasteiger partial charge in [-0.1, -0.05) is 23.7 Å². The quantitative estimate of drug-likeness (QED) is 0.803. The van der Waals surface area contributed by atoms with Gasteiger partial charge in [0, 0.05) is 24.8 Å². The lowest BCUT2D eigenvalue weighted by Gasteiger charge is -2.09. The molecule has 3 aromatic rings. The number of nitrogens with zero attached hydrogens (tertiary/aromatic N) is 3. The van der Waals surface area contributed by atoms with Crippen LogP contribution in [0, 0.1) is 0 Å². The fraction of sp³-hybridized carbons (Fsp3) is 0.0769. The minimum Gasteiger partial charge on any atom is -0.324 e. The number of fused-ring (bicyclic) bond motifs is 1. The Bertz CT molecular complexity index is 916. The summed E-state index contributed by atoms with van der Waals surface area (Å²) < 4.78 is 28.7. The SMILES string of the molecule is Cn1cnc(S(=O)(=O)Nc2cccc3ccncc23)c1Cl. The second-order valence-corrected chi connectivity index (χ2v) is 6.42. The van der Waals surface area contributed by atoms with E-state index in [9.17, 15) is 8.42 Å². The Kier molecular flexibility index (Phi) is 3.30. The van der Waals surface area contributed by atoms with Crippen LogP contribution in [0.15, 0.2) is 48.0 Å². The van der Waals surface area contributed by atoms with E-state index in [1.165, 1.54) is 10.9 Å². The average Bonchev–Trinajstić information content (AvgIpc) is 2.80. The van der Waals surface area contributed by atoms with Crippen LogP contribution in [0.3, 0.4) is 0 Å². The molecule has 6 nitrogen and oxygen atoms in total. The van der Waals surface area contributed by atoms with Crippen LogP contribution in [0.4, 0.5) is 5.69 Å². The van der Waals surface area contributed by atoms with Crippen molar-refractivity contribution in [2.45, 2.75) is 5.03 Å². The first kappa shape index (κ1) is 13.8. The van der Waals surface area contributed by atoms with Gasteiger partial charge in [0.2, 0.25) is 5.03 Å². The van der Waals surface area contributed by atoms with Gasteiger partial charge >= 0.3 is 0 Å². The standard InChI is InChI=1S/C13H11ClN4O2S/c1-18-8-16-13(12(18)14)21(19,20)17-11-4-2-3-9-5-6-15-7-10(9)11/h2-8,17H,1H3. The van der Waals surface area contributed by atoms with Crippen molar-refractivity contribution in [3.05, 3.63) is 48.1 Å². The topological polar surface area (TPSA) is 76.9 Å². The molecular formula is C13H11ClN4O2S. The van der Waals surface area contributed by atoms with Gasteiger partial charge in [-0.25, -0.2) is 4.98 Å². The maximum absolute atomic E-state index is 12.4. The Morgan fingerprint density at radius 2 is 2.10 bits per heavy atom. The molecule has 0 aliphatic carbocycles. The second-order valence-electron chi connectivity index (χ2n) is 4.46. The van der Waals surface area contributed by atoms with Crippen molar-refractivity contribution in [1.29, 1.82) is 0 Å². The average molecular weight is 323 g/mol. The van der Waals surface area contributed by atoms with Crippen LogP contribution in [0.5, 0.6) is 0 Å². The second kappa shape index (κ2) is 5.01. The van der Waals surface area contributed by atoms with Crippen LogP contribution >= 0.6 is 11.6 Å². The Balaban J connectivity index is 2.08. The van der Waals surface area contributed by atoms with Crippen LogP contribution in [-0.4, -0.2) is 23.0 Å². The van der Waals surface area contributed by atoms with Crippen LogP contribution < -0.4 is 4.72 Å². The van der Waals surface area contributed by atoms with E-state index >= 15 is 0 Å². The molecule has 2 heterocycles. The molecule has 3 rings (SSSR count). The lowest BCUT2D eigenvalue weighted by atomic mass is 10.1. The maximum atomic E-state index is 12.4. The Labute approximate surface area is 126 Å². The first-order chi connectivity index (χ1) is 9.99. The maximum Gasteiger partial charge on any atom is 0.282 e. The molecule has 8 heteroatoms. The van der Waals surface area contributed by atoms with Crippen LogP contribution in [-0.2, 0) is 17.1 Å². The molecule has 0 saturated carbocycles. The van der Waals surface area contributed by atoms with Crippen molar-refractivity contribution in [2.75, 3.05) is 4.72 Å². The number of imidazole rings is 1. The molecule has 21 heavy (non-hydrogen) atoms. The highest BCUT2D eigenvalue weighted by Crippen LogP contribution is 2.26. The number of hydrogen-bond acceptors (Lipinski definition) is 4. The van der Waals surface area contributed by atoms with Gasteiger partial charge in [-0.15, -0.1) is 0 Å². The van der Waals surface area contributed by atoms with Crippen molar-refractivity contribution in [3.8, 4) is 0 Å². The zero-order chi connectivity index (χ0) is 15.0. The fourth-order valence-corrected chi connectivity index (χ4v) is 3.48. The third-order valence-electron chi connectivity index (χ3n) is 3.02. The molecule has 0 spiro atoms. The number of halogens is 1. The fourth-order valence-electron chi connectivity index (χ4n) is 1.97. The molecule has 2 aromatic heterocycles. The summed E-state index contributed by atoms with van der Waals surface area (Å²) in [5.74, 6) is 0. The molecule has 0 saturated heterocycles. The highest BCUT2D eigenvalue weighted by Gasteiger charge is 2.23. The Morgan fingerprint density at radius 1 is 1.29 bits per heavy atom. The number of sulfonamides is 1. The van der Waals surface area contributed by atoms with Crippen molar-refractivity contribution >= 4 is 38.1 Å². The van der Waals surface area contributed by atoms with Crippen molar-refractivity contribution in [1.82, 2.24) is 14.5 Å². The molecule has 0 fully saturated rings. The third-order valence-corrected chi connectivity index (χ3v) is 4.87. The number of hydrogen-bond donors (Lipinski definition) is 1. The summed E-state index contributed by atoms with van der Waals surface area (Å²) >= 11 is 5.95. The number of benzene rings is 1. The zero-order valence-electron chi connectivity index (χ0n) is 11.0. The van der Waals surface area contributed by atoms with Crippen LogP contribution in [0.25, 0.3) is 10.8 Å². The number of nitrogens with one attached hydrogen (secondary N) is 1. The van der Waals surface area contributed by atoms with E-state index in [1.807, 2.05) is 6.07 Å². The smallest absolute Gasteiger partial charge is 0.282 e. The molecule has 108 valence electrons. The van der Waals surface area contributed by atoms with Gasteiger partial charge in [0.1, 0.15) is 5.15 Å². The molecule has 0 radical (unpaired) electrons. The molecule has 0 atom stereocenters. The molecule has 1 N–H and O–H groups in total. The van der Waals surface area contributed by atoms with E-state index < -0.39 is 10.0 Å². The lowest BCUT2D eigenvalue weighted by molar-refractivity contribution is 0.598. The molecular weight excluding hydrogens is 312 g/mol. The summed E-state index contributed by atoms with van der Waals surface area (Å²) in [5, 5.41) is 1.45. The third kappa shape index (κ3) is 2.45. The first-order valence-electron chi connectivity index (χ1n) is 6.01. The van der Waals surface area contributed by atoms with Crippen molar-refractivity contribution < 1.29 is 8.42 Å². The molecule has 0 aliphatic heterocycles. The number of aryl methyl sites for hydroxylation is 1. The van der Waals surface area contributed by atoms with Crippen molar-refractivity contribution in [2.24, 2.45) is 7.05 Å². The summed E-state index contributed by atoms with van der Waals surface area (Å²) in [6.07, 6.45) is 4.60. The molecule has 0 bridgehead atoms. The Hall–Kier alpha value is -2.12. The number of rotatable bonds is 3. The summed E-state index contributed by atoms with van der Waals surface area (Å²) in [7, 11) is -2.24. The number of pyridine rings is 1. The minimum absolute atomic E-state index is 0.0564. The van der Waals surface area contributed by atoms with Gasteiger partial charge < -0.3 is 4.57 Å². The highest BCUT2D eigenvalue weighted by atomic mass is 35.5. The predicted octanol–water partition coefficient (Wildman–Crippen LogP) is 2.42. The Morgan fingerprint density at radius 3 is 2.81 bits per heavy atom. The zero-order valence-corrected chi connectivity index (χ0v) is 12.6. The molecule has 0 amide bonds. The van der Waals surface area contributed by atoms with Crippen LogP contribution in [0.1, 0.15) is 0 Å². The van der Waals surface area contributed by atoms with Gasteiger partial charge in [0.25, 0.3) is 10.0 Å². The van der Waals surface area contributed by atoms with E-state index in [0.717, 1.165) is 5.39 Å². The van der Waals surface area contributed by atoms with E-state index in [2.05, 4.69) is 14.7 Å². The predicted molar refractivity (Wildman–Crippen MR) is 80.8 cm³/mol. The number of anilines is 1. The summed E-state index contributed by atoms with van der Waals surface area (Å²) in [6.45, 7) is 0. The number of aromatic nitrogens is 3. The molecule has 1 aromatic carbocycles. The summed E-state index contributed by atoms with van der Waals surface area (Å²) in [4.78, 5) is 7.85. The highest BCUT2D eigenvalue weighted by molar-refractivity contribution is 7.92. The lowest BCUT2D eigenvalue weighted by Crippen LogP contribution is -2.14. The molecule has 0 unspecified atom stereocenters. The van der Waals surface area contributed by atoms with Gasteiger partial charge in [-0.2, -0.15) is 8.42 Å². The largest absolute Gasteiger partial charge is 0.324 e. The van der Waals surface area contributed by atoms with Gasteiger partial charge in [-0.3, -0.25) is 9.71 Å². The monoisotopic (exact) mass is 322 g/mol. The van der Waals surface area contributed by atoms with Gasteiger partial charge in [0.05, 0.1) is 12.0 Å². The van der Waals surface area contributed by atoms with Gasteiger partial charge in [0.15, 0.2) is 0 Å². The van der Waals surface area contributed by atoms with E-state index in [0.29, 0.717) is 11.1 Å². The summed E-state index contributed by atoms with van der Waals surface area (Å²) in [5.41, 5.74) is 0.433. The summed E-state index contributed by atoms with van der Waals surface area (Å²) in [6, 6.07) is 7.11. The van der Waals surface area contributed by atoms with E-state index in [4.69, 9.17) is 11.6 Å². The minimum atomic E-state index is -3.86. The first-order valence-corrected chi connectivity index (χ1v) is 7.87. The van der Waals surface area contributed by atoms with E-state index in [1.54, 1.807) is 37.6 Å². The van der Waals surface area contributed by atoms with E-state index in [-0.39, 0.29) is 10.2 Å². The van der Waals surface area contributed by atoms with Gasteiger partial charge in [-0.05, 0) is 17.5 Å². The normalized spacial score (nSPS) is 11.7.